The molecule has 0 aliphatic heterocycles. The van der Waals surface area contributed by atoms with Crippen molar-refractivity contribution in [2.24, 2.45) is 5.92 Å². The number of benzene rings is 3. The number of pyridine rings is 2. The second-order valence-corrected chi connectivity index (χ2v) is 14.8. The summed E-state index contributed by atoms with van der Waals surface area (Å²) in [5, 5.41) is 9.38. The molecule has 0 saturated carbocycles. The van der Waals surface area contributed by atoms with Crippen LogP contribution in [0.1, 0.15) is 71.3 Å². The molecule has 2 aromatic heterocycles. The number of aromatic nitrogens is 2. The Morgan fingerprint density at radius 2 is 1.20 bits per heavy atom. The normalized spacial score (nSPS) is 11.1. The molecule has 0 saturated heterocycles. The fourth-order valence-electron chi connectivity index (χ4n) is 6.31. The van der Waals surface area contributed by atoms with Crippen LogP contribution in [0.3, 0.4) is 0 Å². The molecule has 5 aromatic rings. The summed E-state index contributed by atoms with van der Waals surface area (Å²) in [5.41, 5.74) is 0.658. The minimum Gasteiger partial charge on any atom is -0.469 e. The van der Waals surface area contributed by atoms with Crippen molar-refractivity contribution in [2.45, 2.75) is 78.2 Å². The molecule has 18 heteroatoms. The summed E-state index contributed by atoms with van der Waals surface area (Å²) in [5.74, 6) is -0.203. The number of carbonyl (C=O) groups is 5. The Labute approximate surface area is 399 Å². The molecule has 2 atom stereocenters. The predicted molar refractivity (Wildman–Crippen MR) is 263 cm³/mol. The number of amides is 3. The average Bonchev–Trinajstić information content (AvgIpc) is 3.27. The molecular formula is C47H61ClFN5O9S2. The Morgan fingerprint density at radius 3 is 1.69 bits per heavy atom. The van der Waals surface area contributed by atoms with E-state index >= 15 is 0 Å². The molecule has 0 aliphatic carbocycles. The smallest absolute Gasteiger partial charge is 0.412 e. The van der Waals surface area contributed by atoms with E-state index in [9.17, 15) is 28.4 Å². The van der Waals surface area contributed by atoms with Crippen molar-refractivity contribution in [1.82, 2.24) is 14.9 Å². The van der Waals surface area contributed by atoms with Crippen LogP contribution in [0.15, 0.2) is 91.3 Å². The Kier molecular flexibility index (Phi) is 26.9. The molecule has 0 radical (unpaired) electrons. The minimum atomic E-state index is -0.709. The third-order valence-electron chi connectivity index (χ3n) is 10.1. The van der Waals surface area contributed by atoms with E-state index < -0.39 is 24.0 Å². The number of carbonyl (C=O) groups excluding carboxylic acids is 5. The molecule has 0 spiro atoms. The lowest BCUT2D eigenvalue weighted by Gasteiger charge is -2.28. The largest absolute Gasteiger partial charge is 0.469 e. The Balaban J connectivity index is 0.000000664. The molecule has 5 rings (SSSR count). The molecule has 65 heavy (non-hydrogen) atoms. The monoisotopic (exact) mass is 957 g/mol. The van der Waals surface area contributed by atoms with Crippen LogP contribution in [0.4, 0.5) is 25.6 Å². The zero-order valence-electron chi connectivity index (χ0n) is 36.4. The van der Waals surface area contributed by atoms with E-state index in [1.807, 2.05) is 61.5 Å². The van der Waals surface area contributed by atoms with Crippen molar-refractivity contribution in [3.8, 4) is 0 Å². The summed E-state index contributed by atoms with van der Waals surface area (Å²) in [6.07, 6.45) is 6.42. The fourth-order valence-corrected chi connectivity index (χ4v) is 6.57. The van der Waals surface area contributed by atoms with Crippen LogP contribution < -0.4 is 10.6 Å². The van der Waals surface area contributed by atoms with Crippen LogP contribution in [-0.2, 0) is 39.8 Å². The van der Waals surface area contributed by atoms with E-state index in [2.05, 4.69) is 30.1 Å². The maximum atomic E-state index is 13.3. The van der Waals surface area contributed by atoms with Crippen molar-refractivity contribution in [1.29, 1.82) is 0 Å². The molecule has 0 bridgehead atoms. The Hall–Kier alpha value is -5.65. The highest BCUT2D eigenvalue weighted by Crippen LogP contribution is 2.21. The first-order chi connectivity index (χ1) is 29.9. The molecular weight excluding hydrogens is 897 g/mol. The number of anilines is 2. The Morgan fingerprint density at radius 1 is 0.708 bits per heavy atom. The second-order valence-electron chi connectivity index (χ2n) is 14.4. The van der Waals surface area contributed by atoms with Gasteiger partial charge in [0.25, 0.3) is 0 Å². The van der Waals surface area contributed by atoms with Gasteiger partial charge >= 0.3 is 24.1 Å². The van der Waals surface area contributed by atoms with Gasteiger partial charge in [0, 0.05) is 54.5 Å². The van der Waals surface area contributed by atoms with E-state index in [4.69, 9.17) is 21.1 Å². The van der Waals surface area contributed by atoms with E-state index in [1.165, 1.54) is 31.3 Å². The molecule has 2 N–H and O–H groups in total. The maximum Gasteiger partial charge on any atom is 0.412 e. The van der Waals surface area contributed by atoms with Gasteiger partial charge < -0.3 is 23.8 Å². The number of hydrogen-bond donors (Lipinski definition) is 2. The van der Waals surface area contributed by atoms with Gasteiger partial charge in [0.1, 0.15) is 24.1 Å². The van der Waals surface area contributed by atoms with E-state index in [0.29, 0.717) is 49.5 Å². The average molecular weight is 959 g/mol. The van der Waals surface area contributed by atoms with Crippen molar-refractivity contribution >= 4 is 102 Å². The van der Waals surface area contributed by atoms with Gasteiger partial charge in [-0.1, -0.05) is 87.0 Å². The third kappa shape index (κ3) is 20.0. The molecule has 3 amide bonds. The molecule has 14 nitrogen and oxygen atoms in total. The number of nitrogens with zero attached hydrogens (tertiary/aromatic N) is 3. The summed E-state index contributed by atoms with van der Waals surface area (Å²) in [6.45, 7) is 2.27. The summed E-state index contributed by atoms with van der Waals surface area (Å²) in [6, 6.07) is 22.5. The standard InChI is InChI=1S/C27H29ClFN3O5.C19H24N2O4.CH4.2H2S/c1-32(25(33)13-11-18-10-12-21(29)15-23(18)28)22(8-5-9-26(34)36-2)17-37-27(35)31-24-14-19-6-3-4-7-20(19)16-30-24;1-3-14(7-6-10-18(22)24-2)13-25-19(23)21-17-11-15-8-4-5-9-16(15)12-20-17;;;/h3-4,6-7,10,12,14-16,22H,5,8-9,11,13,17H2,1-2H3,(H,30,31,35);4-5,8-9,11-12,14H,3,6-7,10,13H2,1-2H3,(H,20,21,23);1H4;2*1H2/t22-;14-;;;/m00.../s1. The van der Waals surface area contributed by atoms with Gasteiger partial charge in [0.2, 0.25) is 5.91 Å². The lowest BCUT2D eigenvalue weighted by Crippen LogP contribution is -2.41. The maximum absolute atomic E-state index is 13.3. The first-order valence-electron chi connectivity index (χ1n) is 20.3. The number of fused-ring (bicyclic) bond motifs is 2. The van der Waals surface area contributed by atoms with Crippen molar-refractivity contribution < 1.29 is 47.3 Å². The molecule has 0 unspecified atom stereocenters. The van der Waals surface area contributed by atoms with Gasteiger partial charge in [-0.2, -0.15) is 27.0 Å². The quantitative estimate of drug-likeness (QED) is 0.0595. The van der Waals surface area contributed by atoms with Gasteiger partial charge in [0.15, 0.2) is 0 Å². The number of ether oxygens (including phenoxy) is 4. The predicted octanol–water partition coefficient (Wildman–Crippen LogP) is 10.4. The first kappa shape index (κ1) is 57.4. The van der Waals surface area contributed by atoms with Crippen LogP contribution in [-0.4, -0.2) is 85.4 Å². The highest BCUT2D eigenvalue weighted by Gasteiger charge is 2.23. The van der Waals surface area contributed by atoms with Crippen LogP contribution in [0.5, 0.6) is 0 Å². The van der Waals surface area contributed by atoms with Crippen molar-refractivity contribution in [2.75, 3.05) is 45.1 Å². The van der Waals surface area contributed by atoms with Gasteiger partial charge in [-0.3, -0.25) is 25.0 Å². The van der Waals surface area contributed by atoms with Crippen LogP contribution >= 0.6 is 38.6 Å². The van der Waals surface area contributed by atoms with Crippen molar-refractivity contribution in [3.05, 3.63) is 108 Å². The van der Waals surface area contributed by atoms with Gasteiger partial charge in [0.05, 0.1) is 26.9 Å². The van der Waals surface area contributed by atoms with E-state index in [0.717, 1.165) is 40.8 Å². The summed E-state index contributed by atoms with van der Waals surface area (Å²) < 4.78 is 33.3. The molecule has 3 aromatic carbocycles. The second kappa shape index (κ2) is 30.5. The summed E-state index contributed by atoms with van der Waals surface area (Å²) in [7, 11) is 4.31. The van der Waals surface area contributed by atoms with Gasteiger partial charge in [-0.15, -0.1) is 0 Å². The number of likely N-dealkylation sites (N-methyl/N-ethyl adjacent to an activating group) is 1. The number of hydrogen-bond acceptors (Lipinski definition) is 11. The summed E-state index contributed by atoms with van der Waals surface area (Å²) >= 11 is 6.07. The van der Waals surface area contributed by atoms with Gasteiger partial charge in [-0.25, -0.2) is 23.9 Å². The first-order valence-corrected chi connectivity index (χ1v) is 20.7. The molecule has 0 aliphatic rings. The van der Waals surface area contributed by atoms with Crippen LogP contribution in [0, 0.1) is 11.7 Å². The zero-order valence-corrected chi connectivity index (χ0v) is 39.1. The van der Waals surface area contributed by atoms with Crippen LogP contribution in [0.25, 0.3) is 21.5 Å². The fraction of sp³-hybridized carbons (Fsp3) is 0.383. The molecule has 0 fully saturated rings. The Bertz CT molecular complexity index is 2290. The number of halogens is 2. The number of rotatable bonds is 19. The number of esters is 2. The minimum absolute atomic E-state index is 0. The van der Waals surface area contributed by atoms with E-state index in [-0.39, 0.29) is 82.7 Å². The van der Waals surface area contributed by atoms with Crippen molar-refractivity contribution in [3.63, 3.8) is 0 Å². The highest BCUT2D eigenvalue weighted by atomic mass is 35.5. The number of aryl methyl sites for hydroxylation is 1. The number of nitrogens with one attached hydrogen (secondary N) is 2. The lowest BCUT2D eigenvalue weighted by molar-refractivity contribution is -0.141. The highest BCUT2D eigenvalue weighted by molar-refractivity contribution is 7.59. The zero-order chi connectivity index (χ0) is 44.9. The molecule has 2 heterocycles. The SMILES string of the molecule is C.CC[C@@H](CCCC(=O)OC)COC(=O)Nc1cc2ccccc2cn1.COC(=O)CCC[C@@H](COC(=O)Nc1cc2ccccc2cn1)N(C)C(=O)CCc1ccc(F)cc1Cl.S.S. The van der Waals surface area contributed by atoms with E-state index in [1.54, 1.807) is 31.6 Å². The topological polar surface area (TPSA) is 175 Å². The third-order valence-corrected chi connectivity index (χ3v) is 10.4. The molecule has 354 valence electrons. The summed E-state index contributed by atoms with van der Waals surface area (Å²) in [4.78, 5) is 69.9. The van der Waals surface area contributed by atoms with Crippen LogP contribution in [0.2, 0.25) is 5.02 Å². The number of methoxy groups -OCH3 is 2. The van der Waals surface area contributed by atoms with Gasteiger partial charge in [-0.05, 0) is 78.6 Å². The lowest BCUT2D eigenvalue weighted by atomic mass is 10.0.